The normalized spacial score (nSPS) is 12.5. The standard InChI is InChI=1S/2C55H35NO2.6CH4/c1-3-14-36(15-4-1)37-26-28-39(29-27-37)56(40-31-33-51-46(34-40)45-20-13-19-42(54(45)58-51)38-16-5-2-6-17-38)41-30-32-44-43-18-7-8-21-47(43)55(50(44)35-41)48-22-9-11-24-52(48)57-53-25-12-10-23-49(53)55;1-2-12-36(13-3-1)37-22-27-40(28-23-37)56(41-29-24-38(25-30-41)39-26-33-52-46(34-39)45-15-5-9-19-51(45)57-52)42-31-32-44-43-14-4-6-16-47(43)55(50(44)35-42)48-17-7-10-20-53(48)58-54-21-11-8-18-49(54)55;;;;;;/h2*1-35H;6*1H4. The zero-order valence-electron chi connectivity index (χ0n) is 62.9. The van der Waals surface area contributed by atoms with Gasteiger partial charge in [-0.1, -0.05) is 348 Å². The van der Waals surface area contributed by atoms with Crippen molar-refractivity contribution in [3.8, 4) is 89.8 Å². The molecule has 592 valence electrons. The molecule has 0 saturated carbocycles. The van der Waals surface area contributed by atoms with E-state index in [1.807, 2.05) is 12.1 Å². The van der Waals surface area contributed by atoms with Gasteiger partial charge >= 0.3 is 0 Å². The number of hydrogen-bond donors (Lipinski definition) is 0. The van der Waals surface area contributed by atoms with Crippen molar-refractivity contribution in [3.05, 3.63) is 469 Å². The Morgan fingerprint density at radius 3 is 0.951 bits per heavy atom. The second-order valence-corrected chi connectivity index (χ2v) is 30.4. The lowest BCUT2D eigenvalue weighted by Gasteiger charge is -2.39. The molecule has 0 N–H and O–H groups in total. The van der Waals surface area contributed by atoms with Crippen LogP contribution < -0.4 is 19.3 Å². The summed E-state index contributed by atoms with van der Waals surface area (Å²) in [5.41, 5.74) is 32.7. The van der Waals surface area contributed by atoms with Crippen molar-refractivity contribution in [2.75, 3.05) is 9.80 Å². The van der Waals surface area contributed by atoms with Crippen LogP contribution in [0.15, 0.2) is 433 Å². The van der Waals surface area contributed by atoms with Gasteiger partial charge in [0.25, 0.3) is 0 Å². The fourth-order valence-corrected chi connectivity index (χ4v) is 19.2. The van der Waals surface area contributed by atoms with Crippen molar-refractivity contribution in [2.45, 2.75) is 55.4 Å². The van der Waals surface area contributed by atoms with Crippen LogP contribution in [-0.4, -0.2) is 0 Å². The first-order chi connectivity index (χ1) is 57.5. The molecule has 6 heteroatoms. The smallest absolute Gasteiger partial charge is 0.143 e. The summed E-state index contributed by atoms with van der Waals surface area (Å²) < 4.78 is 26.1. The molecule has 2 aliphatic heterocycles. The van der Waals surface area contributed by atoms with E-state index in [0.29, 0.717) is 0 Å². The number of hydrogen-bond acceptors (Lipinski definition) is 6. The Bertz CT molecular complexity index is 7180. The van der Waals surface area contributed by atoms with Gasteiger partial charge in [-0.2, -0.15) is 0 Å². The Morgan fingerprint density at radius 1 is 0.172 bits per heavy atom. The van der Waals surface area contributed by atoms with Gasteiger partial charge in [-0.25, -0.2) is 0 Å². The average molecular weight is 1580 g/mol. The third kappa shape index (κ3) is 12.4. The quantitative estimate of drug-likeness (QED) is 0.136. The van der Waals surface area contributed by atoms with Crippen LogP contribution in [0.3, 0.4) is 0 Å². The van der Waals surface area contributed by atoms with Gasteiger partial charge in [0.15, 0.2) is 0 Å². The Kier molecular flexibility index (Phi) is 20.7. The first-order valence-electron chi connectivity index (χ1n) is 39.7. The van der Waals surface area contributed by atoms with Gasteiger partial charge in [-0.05, 0) is 205 Å². The highest BCUT2D eigenvalue weighted by Gasteiger charge is 2.53. The summed E-state index contributed by atoms with van der Waals surface area (Å²) in [6.45, 7) is 0. The summed E-state index contributed by atoms with van der Waals surface area (Å²) in [5.74, 6) is 3.55. The largest absolute Gasteiger partial charge is 0.457 e. The third-order valence-electron chi connectivity index (χ3n) is 24.3. The van der Waals surface area contributed by atoms with E-state index < -0.39 is 10.8 Å². The lowest BCUT2D eigenvalue weighted by Crippen LogP contribution is -2.32. The number of rotatable bonds is 10. The molecular weight excluding hydrogens is 1490 g/mol. The average Bonchev–Trinajstić information content (AvgIpc) is 1.50. The topological polar surface area (TPSA) is 51.2 Å². The molecular formula is C116H94N2O4. The minimum absolute atomic E-state index is 0. The van der Waals surface area contributed by atoms with E-state index >= 15 is 0 Å². The summed E-state index contributed by atoms with van der Waals surface area (Å²) >= 11 is 0. The van der Waals surface area contributed by atoms with Crippen molar-refractivity contribution in [1.82, 2.24) is 0 Å². The van der Waals surface area contributed by atoms with E-state index in [4.69, 9.17) is 18.3 Å². The minimum Gasteiger partial charge on any atom is -0.457 e. The molecule has 2 spiro atoms. The van der Waals surface area contributed by atoms with Crippen LogP contribution in [0.1, 0.15) is 89.1 Å². The van der Waals surface area contributed by atoms with Crippen LogP contribution in [0.25, 0.3) is 111 Å². The highest BCUT2D eigenvalue weighted by molar-refractivity contribution is 6.11. The van der Waals surface area contributed by atoms with Gasteiger partial charge in [0, 0.05) is 83.5 Å². The number of anilines is 6. The van der Waals surface area contributed by atoms with Crippen LogP contribution in [0, 0.1) is 0 Å². The maximum atomic E-state index is 6.66. The van der Waals surface area contributed by atoms with Crippen molar-refractivity contribution in [1.29, 1.82) is 0 Å². The molecule has 0 unspecified atom stereocenters. The highest BCUT2D eigenvalue weighted by atomic mass is 16.5. The van der Waals surface area contributed by atoms with E-state index in [9.17, 15) is 0 Å². The molecule has 0 amide bonds. The fraction of sp³-hybridized carbons (Fsp3) is 0.0690. The summed E-state index contributed by atoms with van der Waals surface area (Å²) in [7, 11) is 0. The van der Waals surface area contributed by atoms with Crippen molar-refractivity contribution in [2.24, 2.45) is 0 Å². The molecule has 122 heavy (non-hydrogen) atoms. The number of benzene rings is 18. The van der Waals surface area contributed by atoms with E-state index in [2.05, 4.69) is 422 Å². The van der Waals surface area contributed by atoms with Crippen LogP contribution in [0.4, 0.5) is 34.1 Å². The molecule has 0 saturated heterocycles. The zero-order valence-corrected chi connectivity index (χ0v) is 62.9. The van der Waals surface area contributed by atoms with Crippen LogP contribution in [-0.2, 0) is 10.8 Å². The van der Waals surface area contributed by atoms with Crippen LogP contribution in [0.2, 0.25) is 0 Å². The minimum atomic E-state index is -0.575. The molecule has 2 aliphatic carbocycles. The molecule has 4 heterocycles. The van der Waals surface area contributed by atoms with Crippen LogP contribution in [0.5, 0.6) is 23.0 Å². The number of furan rings is 2. The molecule has 0 atom stereocenters. The fourth-order valence-electron chi connectivity index (χ4n) is 19.2. The second kappa shape index (κ2) is 31.9. The maximum absolute atomic E-state index is 6.66. The van der Waals surface area contributed by atoms with E-state index in [0.717, 1.165) is 146 Å². The van der Waals surface area contributed by atoms with E-state index in [1.165, 1.54) is 66.8 Å². The molecule has 20 aromatic rings. The van der Waals surface area contributed by atoms with Gasteiger partial charge in [0.2, 0.25) is 0 Å². The van der Waals surface area contributed by atoms with Gasteiger partial charge in [0.05, 0.1) is 10.8 Å². The zero-order chi connectivity index (χ0) is 76.4. The monoisotopic (exact) mass is 1580 g/mol. The molecule has 0 fully saturated rings. The van der Waals surface area contributed by atoms with Gasteiger partial charge < -0.3 is 28.1 Å². The molecule has 6 nitrogen and oxygen atoms in total. The number of fused-ring (bicyclic) bond motifs is 24. The van der Waals surface area contributed by atoms with Crippen LogP contribution >= 0.6 is 0 Å². The number of ether oxygens (including phenoxy) is 2. The Morgan fingerprint density at radius 2 is 0.475 bits per heavy atom. The molecule has 4 aliphatic rings. The predicted molar refractivity (Wildman–Crippen MR) is 514 cm³/mol. The number of nitrogens with zero attached hydrogens (tertiary/aromatic N) is 2. The van der Waals surface area contributed by atoms with E-state index in [1.54, 1.807) is 0 Å². The molecule has 24 rings (SSSR count). The summed E-state index contributed by atoms with van der Waals surface area (Å²) in [6.07, 6.45) is 0. The Hall–Kier alpha value is -15.2. The predicted octanol–water partition coefficient (Wildman–Crippen LogP) is 33.5. The Balaban J connectivity index is 0.000000165. The summed E-state index contributed by atoms with van der Waals surface area (Å²) in [6, 6.07) is 152. The first kappa shape index (κ1) is 79.2. The second-order valence-electron chi connectivity index (χ2n) is 30.4. The Labute approximate surface area is 715 Å². The third-order valence-corrected chi connectivity index (χ3v) is 24.3. The van der Waals surface area contributed by atoms with Gasteiger partial charge in [-0.3, -0.25) is 0 Å². The van der Waals surface area contributed by atoms with Crippen molar-refractivity contribution in [3.63, 3.8) is 0 Å². The van der Waals surface area contributed by atoms with Crippen molar-refractivity contribution >= 4 is 78.0 Å². The maximum Gasteiger partial charge on any atom is 0.143 e. The molecule has 2 aromatic heterocycles. The van der Waals surface area contributed by atoms with E-state index in [-0.39, 0.29) is 44.6 Å². The number of para-hydroxylation sites is 6. The summed E-state index contributed by atoms with van der Waals surface area (Å²) in [4.78, 5) is 4.78. The van der Waals surface area contributed by atoms with Gasteiger partial charge in [0.1, 0.15) is 45.3 Å². The lowest BCUT2D eigenvalue weighted by atomic mass is 9.66. The SMILES string of the molecule is C.C.C.C.C.C.c1ccc(-c2ccc(N(c3ccc(-c4ccc5oc6ccccc6c5c4)cc3)c3ccc4c(c3)C3(c5ccccc5Oc5ccccc53)c3ccccc3-4)cc2)cc1.c1ccc(-c2ccc(N(c3ccc4c(c3)C3(c5ccccc5Oc5ccccc53)c3ccccc3-4)c3ccc4oc5c(-c6ccccc6)cccc5c4c3)cc2)cc1. The lowest BCUT2D eigenvalue weighted by molar-refractivity contribution is 0.436. The molecule has 0 radical (unpaired) electrons. The summed E-state index contributed by atoms with van der Waals surface area (Å²) in [5, 5.41) is 4.43. The molecule has 18 aromatic carbocycles. The van der Waals surface area contributed by atoms with Gasteiger partial charge in [-0.15, -0.1) is 0 Å². The highest BCUT2D eigenvalue weighted by Crippen LogP contribution is 2.65. The first-order valence-corrected chi connectivity index (χ1v) is 39.7. The van der Waals surface area contributed by atoms with Crippen molar-refractivity contribution < 1.29 is 18.3 Å². The molecule has 0 bridgehead atoms.